The molecule has 0 saturated heterocycles. The van der Waals surface area contributed by atoms with E-state index in [1.165, 1.54) is 6.92 Å². The van der Waals surface area contributed by atoms with Crippen molar-refractivity contribution in [1.29, 1.82) is 0 Å². The maximum absolute atomic E-state index is 12.3. The molecule has 3 atom stereocenters. The van der Waals surface area contributed by atoms with Crippen molar-refractivity contribution in [2.45, 2.75) is 39.0 Å². The summed E-state index contributed by atoms with van der Waals surface area (Å²) in [7, 11) is 0. The maximum Gasteiger partial charge on any atom is 0.347 e. The lowest BCUT2D eigenvalue weighted by atomic mass is 10.1. The van der Waals surface area contributed by atoms with E-state index in [0.717, 1.165) is 0 Å². The fourth-order valence-electron chi connectivity index (χ4n) is 2.34. The fourth-order valence-corrected chi connectivity index (χ4v) is 2.91. The SMILES string of the molecule is C[C@@H](OC(=O)[C@@H](C)Oc1ccccc1)C(=O)N[C@H](C)c1ccc(Cl)cc1Cl. The van der Waals surface area contributed by atoms with Crippen LogP contribution in [0.15, 0.2) is 48.5 Å². The molecule has 0 aliphatic heterocycles. The molecule has 2 aromatic rings. The molecule has 1 N–H and O–H groups in total. The van der Waals surface area contributed by atoms with Crippen LogP contribution in [0.4, 0.5) is 0 Å². The van der Waals surface area contributed by atoms with E-state index in [2.05, 4.69) is 5.32 Å². The first-order valence-electron chi connectivity index (χ1n) is 8.45. The summed E-state index contributed by atoms with van der Waals surface area (Å²) in [5.41, 5.74) is 0.716. The molecular formula is C20H21Cl2NO4. The Bertz CT molecular complexity index is 798. The summed E-state index contributed by atoms with van der Waals surface area (Å²) < 4.78 is 10.7. The predicted molar refractivity (Wildman–Crippen MR) is 105 cm³/mol. The molecule has 0 aromatic heterocycles. The van der Waals surface area contributed by atoms with Crippen LogP contribution in [0.3, 0.4) is 0 Å². The quantitative estimate of drug-likeness (QED) is 0.680. The van der Waals surface area contributed by atoms with Crippen LogP contribution in [0.25, 0.3) is 0 Å². The Balaban J connectivity index is 1.89. The third-order valence-electron chi connectivity index (χ3n) is 3.84. The van der Waals surface area contributed by atoms with Crippen LogP contribution in [0.1, 0.15) is 32.4 Å². The standard InChI is InChI=1S/C20H21Cl2NO4/c1-12(17-10-9-15(21)11-18(17)22)23-19(24)13(2)27-20(25)14(3)26-16-7-5-4-6-8-16/h4-14H,1-3H3,(H,23,24)/t12-,13-,14-/m1/s1. The Morgan fingerprint density at radius 1 is 0.963 bits per heavy atom. The van der Waals surface area contributed by atoms with Crippen molar-refractivity contribution >= 4 is 35.1 Å². The van der Waals surface area contributed by atoms with Gasteiger partial charge in [-0.25, -0.2) is 4.79 Å². The molecule has 144 valence electrons. The highest BCUT2D eigenvalue weighted by Crippen LogP contribution is 2.26. The molecule has 2 aromatic carbocycles. The van der Waals surface area contributed by atoms with E-state index in [-0.39, 0.29) is 6.04 Å². The molecule has 5 nitrogen and oxygen atoms in total. The largest absolute Gasteiger partial charge is 0.479 e. The summed E-state index contributed by atoms with van der Waals surface area (Å²) in [5, 5.41) is 3.73. The van der Waals surface area contributed by atoms with E-state index in [4.69, 9.17) is 32.7 Å². The molecule has 0 aliphatic rings. The topological polar surface area (TPSA) is 64.6 Å². The Kier molecular flexibility index (Phi) is 7.51. The highest BCUT2D eigenvalue weighted by Gasteiger charge is 2.24. The van der Waals surface area contributed by atoms with Gasteiger partial charge < -0.3 is 14.8 Å². The van der Waals surface area contributed by atoms with Crippen LogP contribution in [-0.2, 0) is 14.3 Å². The first-order chi connectivity index (χ1) is 12.8. The number of benzene rings is 2. The average Bonchev–Trinajstić information content (AvgIpc) is 2.62. The Labute approximate surface area is 168 Å². The molecule has 0 fully saturated rings. The second kappa shape index (κ2) is 9.62. The van der Waals surface area contributed by atoms with Gasteiger partial charge in [0.2, 0.25) is 0 Å². The zero-order valence-corrected chi connectivity index (χ0v) is 16.8. The Morgan fingerprint density at radius 2 is 1.63 bits per heavy atom. The zero-order valence-electron chi connectivity index (χ0n) is 15.2. The number of carbonyl (C=O) groups excluding carboxylic acids is 2. The van der Waals surface area contributed by atoms with E-state index < -0.39 is 24.1 Å². The van der Waals surface area contributed by atoms with Gasteiger partial charge in [0.15, 0.2) is 12.2 Å². The summed E-state index contributed by atoms with van der Waals surface area (Å²) in [6.07, 6.45) is -1.82. The van der Waals surface area contributed by atoms with Crippen molar-refractivity contribution < 1.29 is 19.1 Å². The lowest BCUT2D eigenvalue weighted by molar-refractivity contribution is -0.161. The van der Waals surface area contributed by atoms with Crippen LogP contribution < -0.4 is 10.1 Å². The van der Waals surface area contributed by atoms with Gasteiger partial charge in [-0.05, 0) is 50.6 Å². The van der Waals surface area contributed by atoms with Gasteiger partial charge in [0.1, 0.15) is 5.75 Å². The van der Waals surface area contributed by atoms with E-state index in [9.17, 15) is 9.59 Å². The summed E-state index contributed by atoms with van der Waals surface area (Å²) in [6, 6.07) is 13.6. The van der Waals surface area contributed by atoms with E-state index >= 15 is 0 Å². The van der Waals surface area contributed by atoms with Gasteiger partial charge in [-0.15, -0.1) is 0 Å². The molecule has 0 spiro atoms. The maximum atomic E-state index is 12.3. The Hall–Kier alpha value is -2.24. The first-order valence-corrected chi connectivity index (χ1v) is 9.21. The van der Waals surface area contributed by atoms with Crippen molar-refractivity contribution in [2.75, 3.05) is 0 Å². The molecule has 0 bridgehead atoms. The van der Waals surface area contributed by atoms with Gasteiger partial charge in [-0.2, -0.15) is 0 Å². The van der Waals surface area contributed by atoms with Crippen molar-refractivity contribution in [2.24, 2.45) is 0 Å². The number of carbonyl (C=O) groups is 2. The minimum Gasteiger partial charge on any atom is -0.479 e. The number of esters is 1. The highest BCUT2D eigenvalue weighted by atomic mass is 35.5. The molecule has 0 radical (unpaired) electrons. The van der Waals surface area contributed by atoms with Crippen molar-refractivity contribution in [1.82, 2.24) is 5.32 Å². The molecule has 0 unspecified atom stereocenters. The van der Waals surface area contributed by atoms with E-state index in [0.29, 0.717) is 21.4 Å². The third-order valence-corrected chi connectivity index (χ3v) is 4.40. The lowest BCUT2D eigenvalue weighted by Gasteiger charge is -2.21. The van der Waals surface area contributed by atoms with Crippen LogP contribution in [0, 0.1) is 0 Å². The lowest BCUT2D eigenvalue weighted by Crippen LogP contribution is -2.39. The minimum atomic E-state index is -0.979. The monoisotopic (exact) mass is 409 g/mol. The van der Waals surface area contributed by atoms with Gasteiger partial charge in [-0.1, -0.05) is 47.5 Å². The van der Waals surface area contributed by atoms with E-state index in [1.807, 2.05) is 6.07 Å². The summed E-state index contributed by atoms with van der Waals surface area (Å²) in [6.45, 7) is 4.84. The summed E-state index contributed by atoms with van der Waals surface area (Å²) in [5.74, 6) is -0.516. The number of ether oxygens (including phenoxy) is 2. The number of para-hydroxylation sites is 1. The van der Waals surface area contributed by atoms with Crippen LogP contribution >= 0.6 is 23.2 Å². The van der Waals surface area contributed by atoms with Gasteiger partial charge >= 0.3 is 5.97 Å². The summed E-state index contributed by atoms with van der Waals surface area (Å²) in [4.78, 5) is 24.5. The zero-order chi connectivity index (χ0) is 20.0. The summed E-state index contributed by atoms with van der Waals surface area (Å²) >= 11 is 12.0. The van der Waals surface area contributed by atoms with Crippen LogP contribution in [0.5, 0.6) is 5.75 Å². The molecular weight excluding hydrogens is 389 g/mol. The smallest absolute Gasteiger partial charge is 0.347 e. The number of amides is 1. The minimum absolute atomic E-state index is 0.374. The molecule has 7 heteroatoms. The predicted octanol–water partition coefficient (Wildman–Crippen LogP) is 4.57. The second-order valence-corrected chi connectivity index (χ2v) is 6.89. The van der Waals surface area contributed by atoms with Crippen molar-refractivity contribution in [3.8, 4) is 5.75 Å². The van der Waals surface area contributed by atoms with Gasteiger partial charge in [0, 0.05) is 10.0 Å². The van der Waals surface area contributed by atoms with Crippen molar-refractivity contribution in [3.63, 3.8) is 0 Å². The molecule has 0 aliphatic carbocycles. The number of nitrogens with one attached hydrogen (secondary N) is 1. The van der Waals surface area contributed by atoms with Gasteiger partial charge in [0.25, 0.3) is 5.91 Å². The third kappa shape index (κ3) is 6.15. The van der Waals surface area contributed by atoms with Crippen LogP contribution in [-0.4, -0.2) is 24.1 Å². The van der Waals surface area contributed by atoms with Crippen LogP contribution in [0.2, 0.25) is 10.0 Å². The molecule has 2 rings (SSSR count). The number of hydrogen-bond acceptors (Lipinski definition) is 4. The molecule has 0 saturated carbocycles. The molecule has 27 heavy (non-hydrogen) atoms. The average molecular weight is 410 g/mol. The van der Waals surface area contributed by atoms with Gasteiger partial charge in [-0.3, -0.25) is 4.79 Å². The normalized spacial score (nSPS) is 14.0. The van der Waals surface area contributed by atoms with E-state index in [1.54, 1.807) is 56.3 Å². The van der Waals surface area contributed by atoms with Crippen molar-refractivity contribution in [3.05, 3.63) is 64.1 Å². The second-order valence-electron chi connectivity index (χ2n) is 6.05. The molecule has 0 heterocycles. The highest BCUT2D eigenvalue weighted by molar-refractivity contribution is 6.35. The molecule has 1 amide bonds. The number of rotatable bonds is 7. The fraction of sp³-hybridized carbons (Fsp3) is 0.300. The Morgan fingerprint density at radius 3 is 2.26 bits per heavy atom. The first kappa shape index (κ1) is 21.1. The van der Waals surface area contributed by atoms with Gasteiger partial charge in [0.05, 0.1) is 6.04 Å². The number of hydrogen-bond donors (Lipinski definition) is 1. The number of halogens is 2.